The van der Waals surface area contributed by atoms with E-state index >= 15 is 0 Å². The fourth-order valence-corrected chi connectivity index (χ4v) is 2.77. The summed E-state index contributed by atoms with van der Waals surface area (Å²) in [6.07, 6.45) is 4.90. The summed E-state index contributed by atoms with van der Waals surface area (Å²) >= 11 is 1.71. The molecule has 0 saturated heterocycles. The molecule has 18 heavy (non-hydrogen) atoms. The smallest absolute Gasteiger partial charge is 0.147 e. The lowest BCUT2D eigenvalue weighted by Crippen LogP contribution is -2.17. The minimum atomic E-state index is 0.805. The summed E-state index contributed by atoms with van der Waals surface area (Å²) < 4.78 is 0. The van der Waals surface area contributed by atoms with Gasteiger partial charge in [-0.25, -0.2) is 0 Å². The monoisotopic (exact) mass is 259 g/mol. The average molecular weight is 259 g/mol. The lowest BCUT2D eigenvalue weighted by molar-refractivity contribution is 0.643. The number of hydrogen-bond acceptors (Lipinski definition) is 4. The maximum atomic E-state index is 4.27. The van der Waals surface area contributed by atoms with Crippen LogP contribution in [0.4, 0.5) is 0 Å². The summed E-state index contributed by atoms with van der Waals surface area (Å²) in [4.78, 5) is 0. The van der Waals surface area contributed by atoms with Crippen LogP contribution in [0.3, 0.4) is 0 Å². The molecule has 0 amide bonds. The second kappa shape index (κ2) is 5.59. The van der Waals surface area contributed by atoms with Gasteiger partial charge in [-0.05, 0) is 25.8 Å². The highest BCUT2D eigenvalue weighted by molar-refractivity contribution is 7.14. The van der Waals surface area contributed by atoms with Crippen LogP contribution in [-0.4, -0.2) is 22.8 Å². The van der Waals surface area contributed by atoms with Crippen molar-refractivity contribution in [2.24, 2.45) is 0 Å². The first-order valence-electron chi connectivity index (χ1n) is 6.53. The second-order valence-corrected chi connectivity index (χ2v) is 5.76. The van der Waals surface area contributed by atoms with E-state index in [2.05, 4.69) is 27.6 Å². The van der Waals surface area contributed by atoms with Crippen LogP contribution in [0.5, 0.6) is 0 Å². The Kier molecular flexibility index (Phi) is 3.67. The molecule has 1 saturated carbocycles. The van der Waals surface area contributed by atoms with Gasteiger partial charge in [-0.2, -0.15) is 0 Å². The van der Waals surface area contributed by atoms with Gasteiger partial charge in [0.15, 0.2) is 0 Å². The molecule has 0 spiro atoms. The lowest BCUT2D eigenvalue weighted by atomic mass is 10.2. The summed E-state index contributed by atoms with van der Waals surface area (Å²) in [5.74, 6) is 0. The first kappa shape index (κ1) is 11.8. The molecule has 0 aliphatic heterocycles. The Bertz CT molecular complexity index is 491. The Hall–Kier alpha value is -1.26. The molecule has 1 heterocycles. The molecular weight excluding hydrogens is 242 g/mol. The number of benzene rings is 1. The Labute approximate surface area is 111 Å². The fraction of sp³-hybridized carbons (Fsp3) is 0.429. The standard InChI is InChI=1S/C14H17N3S/c1-2-5-11(6-3-1)14-17-16-13(18-14)7-4-10-15-12-8-9-12/h1-3,5-6,12,15H,4,7-10H2. The van der Waals surface area contributed by atoms with E-state index in [1.165, 1.54) is 12.8 Å². The van der Waals surface area contributed by atoms with Crippen LogP contribution >= 0.6 is 11.3 Å². The van der Waals surface area contributed by atoms with Crippen LogP contribution in [0.15, 0.2) is 30.3 Å². The highest BCUT2D eigenvalue weighted by Gasteiger charge is 2.19. The van der Waals surface area contributed by atoms with E-state index in [-0.39, 0.29) is 0 Å². The minimum Gasteiger partial charge on any atom is -0.314 e. The number of aromatic nitrogens is 2. The fourth-order valence-electron chi connectivity index (χ4n) is 1.89. The molecule has 94 valence electrons. The van der Waals surface area contributed by atoms with E-state index in [4.69, 9.17) is 0 Å². The van der Waals surface area contributed by atoms with Crippen molar-refractivity contribution >= 4 is 11.3 Å². The van der Waals surface area contributed by atoms with Gasteiger partial charge < -0.3 is 5.32 Å². The maximum Gasteiger partial charge on any atom is 0.147 e. The number of nitrogens with one attached hydrogen (secondary N) is 1. The average Bonchev–Trinajstić information content (AvgIpc) is 3.12. The third-order valence-corrected chi connectivity index (χ3v) is 4.10. The van der Waals surface area contributed by atoms with Crippen LogP contribution in [-0.2, 0) is 6.42 Å². The van der Waals surface area contributed by atoms with Gasteiger partial charge in [-0.3, -0.25) is 0 Å². The second-order valence-electron chi connectivity index (χ2n) is 4.70. The van der Waals surface area contributed by atoms with Crippen molar-refractivity contribution in [2.45, 2.75) is 31.7 Å². The molecule has 0 unspecified atom stereocenters. The quantitative estimate of drug-likeness (QED) is 0.811. The van der Waals surface area contributed by atoms with Crippen LogP contribution < -0.4 is 5.32 Å². The predicted octanol–water partition coefficient (Wildman–Crippen LogP) is 2.89. The Morgan fingerprint density at radius 1 is 1.17 bits per heavy atom. The Balaban J connectivity index is 1.52. The third-order valence-electron chi connectivity index (χ3n) is 3.07. The molecular formula is C14H17N3S. The van der Waals surface area contributed by atoms with Crippen molar-refractivity contribution in [3.05, 3.63) is 35.3 Å². The van der Waals surface area contributed by atoms with Crippen molar-refractivity contribution in [3.63, 3.8) is 0 Å². The van der Waals surface area contributed by atoms with Gasteiger partial charge in [0.25, 0.3) is 0 Å². The minimum absolute atomic E-state index is 0.805. The Morgan fingerprint density at radius 3 is 2.78 bits per heavy atom. The first-order chi connectivity index (χ1) is 8.92. The van der Waals surface area contributed by atoms with Crippen LogP contribution in [0.2, 0.25) is 0 Å². The molecule has 4 heteroatoms. The first-order valence-corrected chi connectivity index (χ1v) is 7.34. The number of rotatable bonds is 6. The zero-order valence-electron chi connectivity index (χ0n) is 10.3. The molecule has 1 aliphatic rings. The normalized spacial score (nSPS) is 14.9. The van der Waals surface area contributed by atoms with Crippen molar-refractivity contribution in [3.8, 4) is 10.6 Å². The van der Waals surface area contributed by atoms with Gasteiger partial charge in [-0.1, -0.05) is 41.7 Å². The number of hydrogen-bond donors (Lipinski definition) is 1. The zero-order chi connectivity index (χ0) is 12.2. The maximum absolute atomic E-state index is 4.27. The molecule has 1 aromatic heterocycles. The molecule has 3 nitrogen and oxygen atoms in total. The number of aryl methyl sites for hydroxylation is 1. The molecule has 1 aromatic carbocycles. The summed E-state index contributed by atoms with van der Waals surface area (Å²) in [5, 5.41) is 14.2. The summed E-state index contributed by atoms with van der Waals surface area (Å²) in [5.41, 5.74) is 1.16. The van der Waals surface area contributed by atoms with Gasteiger partial charge in [0.05, 0.1) is 0 Å². The molecule has 0 atom stereocenters. The SMILES string of the molecule is c1ccc(-c2nnc(CCCNC3CC3)s2)cc1. The predicted molar refractivity (Wildman–Crippen MR) is 74.7 cm³/mol. The summed E-state index contributed by atoms with van der Waals surface area (Å²) in [6.45, 7) is 1.10. The van der Waals surface area contributed by atoms with E-state index in [0.717, 1.165) is 41.0 Å². The van der Waals surface area contributed by atoms with Crippen molar-refractivity contribution in [1.29, 1.82) is 0 Å². The van der Waals surface area contributed by atoms with E-state index in [9.17, 15) is 0 Å². The van der Waals surface area contributed by atoms with Gasteiger partial charge in [0.2, 0.25) is 0 Å². The molecule has 2 aromatic rings. The molecule has 1 aliphatic carbocycles. The van der Waals surface area contributed by atoms with E-state index < -0.39 is 0 Å². The molecule has 1 fully saturated rings. The van der Waals surface area contributed by atoms with E-state index in [1.807, 2.05) is 18.2 Å². The molecule has 0 radical (unpaired) electrons. The highest BCUT2D eigenvalue weighted by atomic mass is 32.1. The molecule has 1 N–H and O–H groups in total. The van der Waals surface area contributed by atoms with Gasteiger partial charge in [0.1, 0.15) is 10.0 Å². The molecule has 0 bridgehead atoms. The number of nitrogens with zero attached hydrogens (tertiary/aromatic N) is 2. The lowest BCUT2D eigenvalue weighted by Gasteiger charge is -1.99. The van der Waals surface area contributed by atoms with Crippen LogP contribution in [0, 0.1) is 0 Å². The zero-order valence-corrected chi connectivity index (χ0v) is 11.1. The largest absolute Gasteiger partial charge is 0.314 e. The molecule has 3 rings (SSSR count). The van der Waals surface area contributed by atoms with Gasteiger partial charge in [0, 0.05) is 18.0 Å². The van der Waals surface area contributed by atoms with E-state index in [0.29, 0.717) is 0 Å². The summed E-state index contributed by atoms with van der Waals surface area (Å²) in [7, 11) is 0. The highest BCUT2D eigenvalue weighted by Crippen LogP contribution is 2.23. The van der Waals surface area contributed by atoms with Crippen LogP contribution in [0.25, 0.3) is 10.6 Å². The van der Waals surface area contributed by atoms with Crippen molar-refractivity contribution in [2.75, 3.05) is 6.54 Å². The third kappa shape index (κ3) is 3.15. The topological polar surface area (TPSA) is 37.8 Å². The van der Waals surface area contributed by atoms with Crippen LogP contribution in [0.1, 0.15) is 24.3 Å². The van der Waals surface area contributed by atoms with E-state index in [1.54, 1.807) is 11.3 Å². The van der Waals surface area contributed by atoms with Gasteiger partial charge >= 0.3 is 0 Å². The van der Waals surface area contributed by atoms with Crippen molar-refractivity contribution < 1.29 is 0 Å². The van der Waals surface area contributed by atoms with Gasteiger partial charge in [-0.15, -0.1) is 10.2 Å². The summed E-state index contributed by atoms with van der Waals surface area (Å²) in [6, 6.07) is 11.1. The van der Waals surface area contributed by atoms with Crippen molar-refractivity contribution in [1.82, 2.24) is 15.5 Å². The Morgan fingerprint density at radius 2 is 2.00 bits per heavy atom.